The summed E-state index contributed by atoms with van der Waals surface area (Å²) in [5.74, 6) is 2.56. The maximum absolute atomic E-state index is 13.6. The minimum Gasteiger partial charge on any atom is -0.279 e. The molecular weight excluding hydrogens is 380 g/mol. The molecule has 3 rings (SSSR count). The molecule has 1 aliphatic rings. The van der Waals surface area contributed by atoms with Crippen LogP contribution in [0.15, 0.2) is 52.5 Å². The quantitative estimate of drug-likeness (QED) is 0.463. The zero-order valence-electron chi connectivity index (χ0n) is 14.1. The smallest absolute Gasteiger partial charge is 0.279 e. The van der Waals surface area contributed by atoms with Crippen LogP contribution in [0.4, 0.5) is 14.5 Å². The highest BCUT2D eigenvalue weighted by Crippen LogP contribution is 2.34. The van der Waals surface area contributed by atoms with Crippen molar-refractivity contribution in [3.8, 4) is 0 Å². The Morgan fingerprint density at radius 2 is 2.00 bits per heavy atom. The van der Waals surface area contributed by atoms with E-state index in [4.69, 9.17) is 17.4 Å². The molecule has 0 saturated carbocycles. The van der Waals surface area contributed by atoms with Crippen LogP contribution >= 0.6 is 22.9 Å². The fourth-order valence-electron chi connectivity index (χ4n) is 2.72. The van der Waals surface area contributed by atoms with E-state index in [1.165, 1.54) is 0 Å². The fourth-order valence-corrected chi connectivity index (χ4v) is 3.96. The number of rotatable bonds is 4. The van der Waals surface area contributed by atoms with Crippen LogP contribution in [0, 0.1) is 0 Å². The standard InChI is InChI=1S/C18H16ClF2N3OS/c1-10-11(18(2,20)21)9-23-16(10)14-7-8-15(26-14)17(25)24(22)13-6-4-3-5-12(13)19/h3-8H,9,22H2,1-2H3. The Labute approximate surface area is 158 Å². The van der Waals surface area contributed by atoms with Crippen molar-refractivity contribution in [1.82, 2.24) is 0 Å². The molecule has 2 aromatic rings. The Bertz CT molecular complexity index is 931. The summed E-state index contributed by atoms with van der Waals surface area (Å²) >= 11 is 7.23. The highest BCUT2D eigenvalue weighted by atomic mass is 35.5. The van der Waals surface area contributed by atoms with Crippen LogP contribution in [0.3, 0.4) is 0 Å². The first-order chi connectivity index (χ1) is 12.2. The van der Waals surface area contributed by atoms with Crippen LogP contribution in [0.1, 0.15) is 28.4 Å². The molecule has 0 unspecified atom stereocenters. The molecule has 1 amide bonds. The molecule has 0 atom stereocenters. The van der Waals surface area contributed by atoms with Gasteiger partial charge in [-0.2, -0.15) is 0 Å². The number of carbonyl (C=O) groups excluding carboxylic acids is 1. The summed E-state index contributed by atoms with van der Waals surface area (Å²) in [6.45, 7) is 2.46. The van der Waals surface area contributed by atoms with Crippen molar-refractivity contribution in [2.75, 3.05) is 11.6 Å². The van der Waals surface area contributed by atoms with Crippen molar-refractivity contribution in [3.05, 3.63) is 62.3 Å². The number of alkyl halides is 2. The number of para-hydroxylation sites is 1. The van der Waals surface area contributed by atoms with Gasteiger partial charge in [0.05, 0.1) is 32.7 Å². The number of benzene rings is 1. The molecule has 2 N–H and O–H groups in total. The number of hydrazine groups is 1. The van der Waals surface area contributed by atoms with Crippen molar-refractivity contribution in [2.24, 2.45) is 10.8 Å². The van der Waals surface area contributed by atoms with Crippen molar-refractivity contribution in [3.63, 3.8) is 0 Å². The van der Waals surface area contributed by atoms with Crippen LogP contribution in [0.2, 0.25) is 5.02 Å². The number of hydrogen-bond donors (Lipinski definition) is 1. The normalized spacial score (nSPS) is 14.6. The average molecular weight is 396 g/mol. The molecule has 0 bridgehead atoms. The number of carbonyl (C=O) groups is 1. The van der Waals surface area contributed by atoms with Gasteiger partial charge < -0.3 is 0 Å². The SMILES string of the molecule is CC1=C(C(C)(F)F)CN=C1c1ccc(C(=O)N(N)c2ccccc2Cl)s1. The number of aliphatic imine (C=N–C) groups is 1. The van der Waals surface area contributed by atoms with Gasteiger partial charge in [0.15, 0.2) is 0 Å². The van der Waals surface area contributed by atoms with E-state index in [1.807, 2.05) is 0 Å². The minimum absolute atomic E-state index is 0.00490. The second-order valence-electron chi connectivity index (χ2n) is 5.95. The topological polar surface area (TPSA) is 58.7 Å². The molecular formula is C18H16ClF2N3OS. The number of nitrogens with zero attached hydrogens (tertiary/aromatic N) is 2. The lowest BCUT2D eigenvalue weighted by Gasteiger charge is -2.16. The van der Waals surface area contributed by atoms with E-state index in [2.05, 4.69) is 4.99 Å². The third kappa shape index (κ3) is 3.42. The molecule has 136 valence electrons. The third-order valence-electron chi connectivity index (χ3n) is 4.11. The molecule has 1 aliphatic heterocycles. The van der Waals surface area contributed by atoms with Gasteiger partial charge in [0, 0.05) is 12.5 Å². The molecule has 0 radical (unpaired) electrons. The van der Waals surface area contributed by atoms with Gasteiger partial charge in [-0.15, -0.1) is 11.3 Å². The van der Waals surface area contributed by atoms with Crippen LogP contribution < -0.4 is 10.9 Å². The predicted octanol–water partition coefficient (Wildman–Crippen LogP) is 4.70. The number of anilines is 1. The molecule has 8 heteroatoms. The van der Waals surface area contributed by atoms with Crippen LogP contribution in [-0.4, -0.2) is 24.1 Å². The van der Waals surface area contributed by atoms with Crippen molar-refractivity contribution >= 4 is 40.2 Å². The van der Waals surface area contributed by atoms with Gasteiger partial charge in [-0.25, -0.2) is 19.6 Å². The summed E-state index contributed by atoms with van der Waals surface area (Å²) in [5.41, 5.74) is 1.34. The van der Waals surface area contributed by atoms with Gasteiger partial charge in [0.2, 0.25) is 0 Å². The Kier molecular flexibility index (Phi) is 4.96. The first-order valence-electron chi connectivity index (χ1n) is 7.77. The zero-order chi connectivity index (χ0) is 19.1. The van der Waals surface area contributed by atoms with Gasteiger partial charge in [-0.1, -0.05) is 23.7 Å². The average Bonchev–Trinajstić information content (AvgIpc) is 3.20. The summed E-state index contributed by atoms with van der Waals surface area (Å²) in [4.78, 5) is 17.9. The molecule has 26 heavy (non-hydrogen) atoms. The lowest BCUT2D eigenvalue weighted by molar-refractivity contribution is 0.0621. The van der Waals surface area contributed by atoms with Crippen LogP contribution in [0.25, 0.3) is 0 Å². The molecule has 2 heterocycles. The van der Waals surface area contributed by atoms with E-state index in [-0.39, 0.29) is 12.1 Å². The van der Waals surface area contributed by atoms with E-state index in [9.17, 15) is 13.6 Å². The number of hydrogen-bond acceptors (Lipinski definition) is 4. The van der Waals surface area contributed by atoms with Gasteiger partial charge >= 0.3 is 0 Å². The number of allylic oxidation sites excluding steroid dienone is 1. The van der Waals surface area contributed by atoms with E-state index >= 15 is 0 Å². The molecule has 0 aliphatic carbocycles. The van der Waals surface area contributed by atoms with E-state index in [0.717, 1.165) is 23.3 Å². The lowest BCUT2D eigenvalue weighted by atomic mass is 10.0. The van der Waals surface area contributed by atoms with Gasteiger partial charge in [-0.05, 0) is 36.8 Å². The highest BCUT2D eigenvalue weighted by Gasteiger charge is 2.34. The lowest BCUT2D eigenvalue weighted by Crippen LogP contribution is -2.37. The zero-order valence-corrected chi connectivity index (χ0v) is 15.7. The maximum atomic E-state index is 13.6. The first-order valence-corrected chi connectivity index (χ1v) is 8.96. The molecule has 1 aromatic carbocycles. The fraction of sp³-hybridized carbons (Fsp3) is 0.222. The van der Waals surface area contributed by atoms with Gasteiger partial charge in [0.25, 0.3) is 11.8 Å². The van der Waals surface area contributed by atoms with E-state index < -0.39 is 11.8 Å². The summed E-state index contributed by atoms with van der Waals surface area (Å²) in [5, 5.41) is 1.33. The second-order valence-corrected chi connectivity index (χ2v) is 7.44. The van der Waals surface area contributed by atoms with Gasteiger partial charge in [0.1, 0.15) is 0 Å². The number of thiophene rings is 1. The Morgan fingerprint density at radius 1 is 1.31 bits per heavy atom. The largest absolute Gasteiger partial charge is 0.282 e. The minimum atomic E-state index is -2.91. The Balaban J connectivity index is 1.86. The summed E-state index contributed by atoms with van der Waals surface area (Å²) in [7, 11) is 0. The van der Waals surface area contributed by atoms with Crippen molar-refractivity contribution < 1.29 is 13.6 Å². The molecule has 1 aromatic heterocycles. The van der Waals surface area contributed by atoms with Crippen LogP contribution in [0.5, 0.6) is 0 Å². The van der Waals surface area contributed by atoms with Crippen LogP contribution in [-0.2, 0) is 0 Å². The molecule has 0 saturated heterocycles. The summed E-state index contributed by atoms with van der Waals surface area (Å²) < 4.78 is 27.2. The Hall–Kier alpha value is -2.09. The Morgan fingerprint density at radius 3 is 2.62 bits per heavy atom. The van der Waals surface area contributed by atoms with Gasteiger partial charge in [-0.3, -0.25) is 9.79 Å². The van der Waals surface area contributed by atoms with Crippen molar-refractivity contribution in [1.29, 1.82) is 0 Å². The molecule has 4 nitrogen and oxygen atoms in total. The molecule has 0 spiro atoms. The van der Waals surface area contributed by atoms with E-state index in [0.29, 0.717) is 31.7 Å². The summed E-state index contributed by atoms with van der Waals surface area (Å²) in [6, 6.07) is 10.0. The summed E-state index contributed by atoms with van der Waals surface area (Å²) in [6.07, 6.45) is 0. The second kappa shape index (κ2) is 6.90. The van der Waals surface area contributed by atoms with E-state index in [1.54, 1.807) is 43.3 Å². The monoisotopic (exact) mass is 395 g/mol. The number of nitrogens with two attached hydrogens (primary N) is 1. The third-order valence-corrected chi connectivity index (χ3v) is 5.51. The number of amides is 1. The maximum Gasteiger partial charge on any atom is 0.282 e. The highest BCUT2D eigenvalue weighted by molar-refractivity contribution is 7.16. The predicted molar refractivity (Wildman–Crippen MR) is 101 cm³/mol. The van der Waals surface area contributed by atoms with Crippen molar-refractivity contribution in [2.45, 2.75) is 19.8 Å². The number of halogens is 3. The molecule has 0 fully saturated rings. The first kappa shape index (κ1) is 18.7.